The Balaban J connectivity index is 2.02. The van der Waals surface area contributed by atoms with Crippen molar-refractivity contribution in [1.29, 1.82) is 0 Å². The third-order valence-corrected chi connectivity index (χ3v) is 4.22. The number of halogens is 1. The first-order valence-electron chi connectivity index (χ1n) is 7.54. The van der Waals surface area contributed by atoms with Crippen LogP contribution in [0.3, 0.4) is 0 Å². The van der Waals surface area contributed by atoms with E-state index in [9.17, 15) is 0 Å². The van der Waals surface area contributed by atoms with Gasteiger partial charge in [0, 0.05) is 23.5 Å². The Morgan fingerprint density at radius 3 is 2.80 bits per heavy atom. The molecular weight excluding hydrogens is 268 g/mol. The van der Waals surface area contributed by atoms with Crippen molar-refractivity contribution in [2.45, 2.75) is 44.5 Å². The van der Waals surface area contributed by atoms with Crippen LogP contribution in [0.5, 0.6) is 0 Å². The summed E-state index contributed by atoms with van der Waals surface area (Å²) in [5.74, 6) is 1.64. The monoisotopic (exact) mass is 288 g/mol. The van der Waals surface area contributed by atoms with Crippen LogP contribution in [-0.2, 0) is 5.88 Å². The second kappa shape index (κ2) is 6.01. The number of pyridine rings is 1. The van der Waals surface area contributed by atoms with Gasteiger partial charge in [-0.05, 0) is 31.4 Å². The van der Waals surface area contributed by atoms with E-state index in [0.29, 0.717) is 11.9 Å². The summed E-state index contributed by atoms with van der Waals surface area (Å²) in [6.07, 6.45) is 5.01. The van der Waals surface area contributed by atoms with Crippen molar-refractivity contribution in [3.8, 4) is 0 Å². The van der Waals surface area contributed by atoms with Gasteiger partial charge in [0.25, 0.3) is 0 Å². The average molecular weight is 289 g/mol. The van der Waals surface area contributed by atoms with Gasteiger partial charge in [0.2, 0.25) is 0 Å². The number of hydrogen-bond donors (Lipinski definition) is 0. The third kappa shape index (κ3) is 2.76. The van der Waals surface area contributed by atoms with E-state index in [1.54, 1.807) is 0 Å². The number of anilines is 1. The normalized spacial score (nSPS) is 14.7. The molecule has 0 saturated heterocycles. The lowest BCUT2D eigenvalue weighted by atomic mass is 10.1. The van der Waals surface area contributed by atoms with Crippen molar-refractivity contribution in [2.24, 2.45) is 0 Å². The molecule has 1 aromatic carbocycles. The van der Waals surface area contributed by atoms with Gasteiger partial charge in [0.1, 0.15) is 5.82 Å². The number of aromatic nitrogens is 1. The molecule has 1 aliphatic carbocycles. The van der Waals surface area contributed by atoms with Crippen molar-refractivity contribution >= 4 is 28.3 Å². The topological polar surface area (TPSA) is 16.1 Å². The highest BCUT2D eigenvalue weighted by Crippen LogP contribution is 2.34. The van der Waals surface area contributed by atoms with Crippen LogP contribution in [0, 0.1) is 0 Å². The number of fused-ring (bicyclic) bond motifs is 1. The van der Waals surface area contributed by atoms with Crippen LogP contribution in [0.1, 0.15) is 38.2 Å². The smallest absolute Gasteiger partial charge is 0.133 e. The van der Waals surface area contributed by atoms with Gasteiger partial charge in [-0.15, -0.1) is 11.6 Å². The highest BCUT2D eigenvalue weighted by molar-refractivity contribution is 6.17. The molecule has 0 aliphatic heterocycles. The predicted molar refractivity (Wildman–Crippen MR) is 86.6 cm³/mol. The molecular formula is C17H21ClN2. The van der Waals surface area contributed by atoms with Gasteiger partial charge in [0.05, 0.1) is 11.4 Å². The molecule has 106 valence electrons. The molecule has 3 rings (SSSR count). The summed E-state index contributed by atoms with van der Waals surface area (Å²) in [5.41, 5.74) is 2.23. The summed E-state index contributed by atoms with van der Waals surface area (Å²) in [4.78, 5) is 7.38. The van der Waals surface area contributed by atoms with Gasteiger partial charge >= 0.3 is 0 Å². The molecule has 2 aromatic rings. The van der Waals surface area contributed by atoms with E-state index < -0.39 is 0 Å². The van der Waals surface area contributed by atoms with Crippen molar-refractivity contribution in [3.05, 3.63) is 35.9 Å². The number of nitrogens with zero attached hydrogens (tertiary/aromatic N) is 2. The summed E-state index contributed by atoms with van der Waals surface area (Å²) in [7, 11) is 0. The Bertz CT molecular complexity index is 593. The highest BCUT2D eigenvalue weighted by Gasteiger charge is 2.30. The Morgan fingerprint density at radius 2 is 2.10 bits per heavy atom. The summed E-state index contributed by atoms with van der Waals surface area (Å²) >= 11 is 6.17. The minimum Gasteiger partial charge on any atom is -0.353 e. The van der Waals surface area contributed by atoms with Gasteiger partial charge in [-0.2, -0.15) is 0 Å². The molecule has 0 N–H and O–H groups in total. The molecule has 1 fully saturated rings. The van der Waals surface area contributed by atoms with E-state index in [4.69, 9.17) is 16.6 Å². The van der Waals surface area contributed by atoms with Crippen molar-refractivity contribution < 1.29 is 0 Å². The molecule has 3 heteroatoms. The fraction of sp³-hybridized carbons (Fsp3) is 0.471. The van der Waals surface area contributed by atoms with Gasteiger partial charge in [-0.25, -0.2) is 4.98 Å². The molecule has 0 radical (unpaired) electrons. The van der Waals surface area contributed by atoms with Crippen molar-refractivity contribution in [3.63, 3.8) is 0 Å². The highest BCUT2D eigenvalue weighted by atomic mass is 35.5. The fourth-order valence-electron chi connectivity index (χ4n) is 2.67. The van der Waals surface area contributed by atoms with Crippen LogP contribution in [0.15, 0.2) is 30.3 Å². The van der Waals surface area contributed by atoms with Crippen molar-refractivity contribution in [1.82, 2.24) is 4.98 Å². The standard InChI is InChI=1S/C17H21ClN2/c1-2-3-10-20(15-8-9-15)17-14(12-18)11-13-6-4-5-7-16(13)19-17/h4-7,11,15H,2-3,8-10,12H2,1H3. The maximum Gasteiger partial charge on any atom is 0.133 e. The molecule has 0 amide bonds. The van der Waals surface area contributed by atoms with Crippen LogP contribution in [-0.4, -0.2) is 17.6 Å². The first kappa shape index (κ1) is 13.7. The maximum absolute atomic E-state index is 6.17. The molecule has 1 saturated carbocycles. The predicted octanol–water partition coefficient (Wildman–Crippen LogP) is 4.74. The van der Waals surface area contributed by atoms with Gasteiger partial charge < -0.3 is 4.90 Å². The van der Waals surface area contributed by atoms with E-state index in [1.807, 2.05) is 6.07 Å². The summed E-state index contributed by atoms with van der Waals surface area (Å²) in [5, 5.41) is 1.18. The van der Waals surface area contributed by atoms with E-state index >= 15 is 0 Å². The largest absolute Gasteiger partial charge is 0.353 e. The number of hydrogen-bond acceptors (Lipinski definition) is 2. The number of para-hydroxylation sites is 1. The quantitative estimate of drug-likeness (QED) is 0.714. The molecule has 0 bridgehead atoms. The van der Waals surface area contributed by atoms with Gasteiger partial charge in [-0.3, -0.25) is 0 Å². The molecule has 1 aliphatic rings. The van der Waals surface area contributed by atoms with Crippen LogP contribution >= 0.6 is 11.6 Å². The molecule has 0 unspecified atom stereocenters. The lowest BCUT2D eigenvalue weighted by Gasteiger charge is -2.26. The first-order chi connectivity index (χ1) is 9.83. The zero-order chi connectivity index (χ0) is 13.9. The summed E-state index contributed by atoms with van der Waals surface area (Å²) < 4.78 is 0. The van der Waals surface area contributed by atoms with Crippen LogP contribution in [0.2, 0.25) is 0 Å². The molecule has 20 heavy (non-hydrogen) atoms. The zero-order valence-electron chi connectivity index (χ0n) is 12.0. The molecule has 0 spiro atoms. The number of benzene rings is 1. The second-order valence-corrected chi connectivity index (χ2v) is 5.84. The number of rotatable bonds is 6. The van der Waals surface area contributed by atoms with E-state index in [2.05, 4.69) is 36.1 Å². The zero-order valence-corrected chi connectivity index (χ0v) is 12.7. The minimum absolute atomic E-state index is 0.530. The fourth-order valence-corrected chi connectivity index (χ4v) is 2.87. The summed E-state index contributed by atoms with van der Waals surface area (Å²) in [6, 6.07) is 11.2. The SMILES string of the molecule is CCCCN(c1nc2ccccc2cc1CCl)C1CC1. The van der Waals surface area contributed by atoms with Crippen LogP contribution in [0.25, 0.3) is 10.9 Å². The Labute approximate surface area is 125 Å². The molecule has 1 aromatic heterocycles. The lowest BCUT2D eigenvalue weighted by Crippen LogP contribution is -2.28. The third-order valence-electron chi connectivity index (χ3n) is 3.94. The maximum atomic E-state index is 6.17. The Hall–Kier alpha value is -1.28. The van der Waals surface area contributed by atoms with Crippen molar-refractivity contribution in [2.75, 3.05) is 11.4 Å². The minimum atomic E-state index is 0.530. The van der Waals surface area contributed by atoms with E-state index in [-0.39, 0.29) is 0 Å². The number of unbranched alkanes of at least 4 members (excludes halogenated alkanes) is 1. The van der Waals surface area contributed by atoms with Crippen LogP contribution in [0.4, 0.5) is 5.82 Å². The Kier molecular flexibility index (Phi) is 4.11. The van der Waals surface area contributed by atoms with Gasteiger partial charge in [-0.1, -0.05) is 31.5 Å². The average Bonchev–Trinajstić information content (AvgIpc) is 3.31. The lowest BCUT2D eigenvalue weighted by molar-refractivity contribution is 0.703. The number of alkyl halides is 1. The molecule has 2 nitrogen and oxygen atoms in total. The first-order valence-corrected chi connectivity index (χ1v) is 8.08. The Morgan fingerprint density at radius 1 is 1.30 bits per heavy atom. The van der Waals surface area contributed by atoms with Gasteiger partial charge in [0.15, 0.2) is 0 Å². The van der Waals surface area contributed by atoms with E-state index in [0.717, 1.165) is 23.4 Å². The summed E-state index contributed by atoms with van der Waals surface area (Å²) in [6.45, 7) is 3.33. The molecule has 1 heterocycles. The molecule has 0 atom stereocenters. The van der Waals surface area contributed by atoms with Crippen LogP contribution < -0.4 is 4.90 Å². The van der Waals surface area contributed by atoms with E-state index in [1.165, 1.54) is 31.1 Å². The second-order valence-electron chi connectivity index (χ2n) is 5.58.